The quantitative estimate of drug-likeness (QED) is 0.792. The summed E-state index contributed by atoms with van der Waals surface area (Å²) < 4.78 is 0. The Kier molecular flexibility index (Phi) is 2.07. The number of aromatic carboxylic acids is 1. The first-order valence-corrected chi connectivity index (χ1v) is 5.20. The first kappa shape index (κ1) is 8.69. The van der Waals surface area contributed by atoms with Gasteiger partial charge in [0.25, 0.3) is 0 Å². The molecule has 1 heterocycles. The van der Waals surface area contributed by atoms with Crippen LogP contribution < -0.4 is 0 Å². The number of nitrogens with zero attached hydrogens (tertiary/aromatic N) is 1. The summed E-state index contributed by atoms with van der Waals surface area (Å²) in [6.07, 6.45) is 3.48. The zero-order chi connectivity index (χ0) is 9.42. The molecule has 0 aliphatic heterocycles. The van der Waals surface area contributed by atoms with Gasteiger partial charge in [0.05, 0.1) is 5.01 Å². The largest absolute Gasteiger partial charge is 0.476 e. The molecule has 2 rings (SSSR count). The summed E-state index contributed by atoms with van der Waals surface area (Å²) in [7, 11) is 0. The minimum Gasteiger partial charge on any atom is -0.476 e. The summed E-state index contributed by atoms with van der Waals surface area (Å²) >= 11 is 1.53. The van der Waals surface area contributed by atoms with E-state index in [1.807, 2.05) is 6.92 Å². The Hall–Kier alpha value is -0.900. The van der Waals surface area contributed by atoms with Gasteiger partial charge in [0.2, 0.25) is 0 Å². The lowest BCUT2D eigenvalue weighted by atomic mass is 9.84. The Morgan fingerprint density at radius 2 is 2.31 bits per heavy atom. The van der Waals surface area contributed by atoms with E-state index in [0.717, 1.165) is 22.7 Å². The molecule has 0 bridgehead atoms. The minimum absolute atomic E-state index is 0.284. The number of aryl methyl sites for hydroxylation is 1. The van der Waals surface area contributed by atoms with Gasteiger partial charge in [-0.1, -0.05) is 6.42 Å². The third-order valence-corrected chi connectivity index (χ3v) is 3.57. The molecule has 0 saturated heterocycles. The Morgan fingerprint density at radius 3 is 2.77 bits per heavy atom. The Morgan fingerprint density at radius 1 is 1.62 bits per heavy atom. The van der Waals surface area contributed by atoms with Crippen LogP contribution in [0.3, 0.4) is 0 Å². The second-order valence-electron chi connectivity index (χ2n) is 3.38. The number of thiazole rings is 1. The lowest BCUT2D eigenvalue weighted by Gasteiger charge is -2.24. The molecule has 1 saturated carbocycles. The van der Waals surface area contributed by atoms with E-state index in [2.05, 4.69) is 4.98 Å². The standard InChI is InChI=1S/C9H11NO2S/c1-5-10-7(9(11)12)8(13-5)6-3-2-4-6/h6H,2-4H2,1H3,(H,11,12). The highest BCUT2D eigenvalue weighted by atomic mass is 32.1. The lowest BCUT2D eigenvalue weighted by molar-refractivity contribution is 0.0688. The number of carboxylic acids is 1. The average Bonchev–Trinajstić information content (AvgIpc) is 2.27. The molecule has 1 aliphatic carbocycles. The van der Waals surface area contributed by atoms with Crippen LogP contribution in [0.1, 0.15) is 45.6 Å². The van der Waals surface area contributed by atoms with E-state index in [1.165, 1.54) is 17.8 Å². The molecule has 0 radical (unpaired) electrons. The van der Waals surface area contributed by atoms with Crippen molar-refractivity contribution in [2.24, 2.45) is 0 Å². The molecule has 0 aromatic carbocycles. The predicted molar refractivity (Wildman–Crippen MR) is 50.4 cm³/mol. The van der Waals surface area contributed by atoms with E-state index in [1.54, 1.807) is 0 Å². The summed E-state index contributed by atoms with van der Waals surface area (Å²) in [5, 5.41) is 9.75. The summed E-state index contributed by atoms with van der Waals surface area (Å²) in [5.74, 6) is -0.413. The van der Waals surface area contributed by atoms with Gasteiger partial charge >= 0.3 is 5.97 Å². The van der Waals surface area contributed by atoms with Crippen LogP contribution in [0.5, 0.6) is 0 Å². The molecule has 0 amide bonds. The van der Waals surface area contributed by atoms with Crippen LogP contribution >= 0.6 is 11.3 Å². The molecule has 0 spiro atoms. The van der Waals surface area contributed by atoms with E-state index >= 15 is 0 Å². The molecule has 1 aliphatic rings. The third-order valence-electron chi connectivity index (χ3n) is 2.44. The van der Waals surface area contributed by atoms with Crippen LogP contribution in [-0.4, -0.2) is 16.1 Å². The van der Waals surface area contributed by atoms with Crippen molar-refractivity contribution < 1.29 is 9.90 Å². The van der Waals surface area contributed by atoms with Gasteiger partial charge in [0.1, 0.15) is 0 Å². The van der Waals surface area contributed by atoms with Gasteiger partial charge < -0.3 is 5.11 Å². The first-order valence-electron chi connectivity index (χ1n) is 4.39. The van der Waals surface area contributed by atoms with Crippen LogP contribution in [0.4, 0.5) is 0 Å². The normalized spacial score (nSPS) is 17.0. The Balaban J connectivity index is 2.36. The average molecular weight is 197 g/mol. The molecule has 1 N–H and O–H groups in total. The molecule has 1 aromatic rings. The van der Waals surface area contributed by atoms with E-state index in [-0.39, 0.29) is 5.69 Å². The van der Waals surface area contributed by atoms with Gasteiger partial charge in [-0.05, 0) is 25.7 Å². The van der Waals surface area contributed by atoms with Crippen LogP contribution in [0, 0.1) is 6.92 Å². The molecule has 0 unspecified atom stereocenters. The number of aromatic nitrogens is 1. The molecule has 0 atom stereocenters. The van der Waals surface area contributed by atoms with Gasteiger partial charge in [-0.2, -0.15) is 0 Å². The SMILES string of the molecule is Cc1nc(C(=O)O)c(C2CCC2)s1. The highest BCUT2D eigenvalue weighted by Crippen LogP contribution is 2.40. The fourth-order valence-corrected chi connectivity index (χ4v) is 2.63. The zero-order valence-electron chi connectivity index (χ0n) is 7.41. The minimum atomic E-state index is -0.883. The van der Waals surface area contributed by atoms with Gasteiger partial charge in [0, 0.05) is 4.88 Å². The van der Waals surface area contributed by atoms with E-state index < -0.39 is 5.97 Å². The Labute approximate surface area is 80.4 Å². The van der Waals surface area contributed by atoms with Crippen molar-refractivity contribution in [2.45, 2.75) is 32.1 Å². The number of hydrogen-bond acceptors (Lipinski definition) is 3. The van der Waals surface area contributed by atoms with Crippen molar-refractivity contribution in [1.29, 1.82) is 0 Å². The molecule has 70 valence electrons. The van der Waals surface area contributed by atoms with Crippen molar-refractivity contribution in [3.63, 3.8) is 0 Å². The molecule has 1 fully saturated rings. The van der Waals surface area contributed by atoms with Crippen molar-refractivity contribution >= 4 is 17.3 Å². The second kappa shape index (κ2) is 3.10. The smallest absolute Gasteiger partial charge is 0.355 e. The van der Waals surface area contributed by atoms with Gasteiger partial charge in [-0.15, -0.1) is 11.3 Å². The summed E-state index contributed by atoms with van der Waals surface area (Å²) in [6, 6.07) is 0. The number of carbonyl (C=O) groups is 1. The van der Waals surface area contributed by atoms with Gasteiger partial charge in [-0.3, -0.25) is 0 Å². The van der Waals surface area contributed by atoms with Crippen LogP contribution in [0.15, 0.2) is 0 Å². The first-order chi connectivity index (χ1) is 6.18. The van der Waals surface area contributed by atoms with E-state index in [9.17, 15) is 4.79 Å². The molecular formula is C9H11NO2S. The van der Waals surface area contributed by atoms with Crippen LogP contribution in [-0.2, 0) is 0 Å². The fraction of sp³-hybridized carbons (Fsp3) is 0.556. The van der Waals surface area contributed by atoms with Crippen LogP contribution in [0.25, 0.3) is 0 Å². The summed E-state index contributed by atoms with van der Waals surface area (Å²) in [5.41, 5.74) is 0.284. The second-order valence-corrected chi connectivity index (χ2v) is 4.61. The number of rotatable bonds is 2. The molecule has 4 heteroatoms. The maximum absolute atomic E-state index is 10.8. The molecular weight excluding hydrogens is 186 g/mol. The van der Waals surface area contributed by atoms with Crippen molar-refractivity contribution in [1.82, 2.24) is 4.98 Å². The van der Waals surface area contributed by atoms with Crippen molar-refractivity contribution in [3.8, 4) is 0 Å². The van der Waals surface area contributed by atoms with E-state index in [4.69, 9.17) is 5.11 Å². The monoisotopic (exact) mass is 197 g/mol. The maximum atomic E-state index is 10.8. The number of carboxylic acid groups (broad SMARTS) is 1. The van der Waals surface area contributed by atoms with Crippen molar-refractivity contribution in [3.05, 3.63) is 15.6 Å². The van der Waals surface area contributed by atoms with E-state index in [0.29, 0.717) is 5.92 Å². The summed E-state index contributed by atoms with van der Waals surface area (Å²) in [4.78, 5) is 15.8. The van der Waals surface area contributed by atoms with Crippen molar-refractivity contribution in [2.75, 3.05) is 0 Å². The summed E-state index contributed by atoms with van der Waals surface area (Å²) in [6.45, 7) is 1.86. The van der Waals surface area contributed by atoms with Gasteiger partial charge in [-0.25, -0.2) is 9.78 Å². The highest BCUT2D eigenvalue weighted by molar-refractivity contribution is 7.12. The fourth-order valence-electron chi connectivity index (χ4n) is 1.54. The molecule has 3 nitrogen and oxygen atoms in total. The number of hydrogen-bond donors (Lipinski definition) is 1. The van der Waals surface area contributed by atoms with Gasteiger partial charge in [0.15, 0.2) is 5.69 Å². The van der Waals surface area contributed by atoms with Crippen LogP contribution in [0.2, 0.25) is 0 Å². The zero-order valence-corrected chi connectivity index (χ0v) is 8.23. The highest BCUT2D eigenvalue weighted by Gasteiger charge is 2.27. The lowest BCUT2D eigenvalue weighted by Crippen LogP contribution is -2.11. The molecule has 1 aromatic heterocycles. The molecule has 13 heavy (non-hydrogen) atoms. The topological polar surface area (TPSA) is 50.2 Å². The Bertz CT molecular complexity index is 341. The predicted octanol–water partition coefficient (Wildman–Crippen LogP) is 2.42. The third kappa shape index (κ3) is 1.46. The maximum Gasteiger partial charge on any atom is 0.355 e.